The van der Waals surface area contributed by atoms with Gasteiger partial charge in [-0.15, -0.1) is 0 Å². The van der Waals surface area contributed by atoms with Crippen LogP contribution in [0.4, 0.5) is 4.39 Å². The Morgan fingerprint density at radius 1 is 1.09 bits per heavy atom. The van der Waals surface area contributed by atoms with Crippen molar-refractivity contribution in [2.45, 2.75) is 11.4 Å². The molecule has 118 valence electrons. The first-order valence-electron chi connectivity index (χ1n) is 6.88. The van der Waals surface area contributed by atoms with Crippen LogP contribution in [0.3, 0.4) is 0 Å². The summed E-state index contributed by atoms with van der Waals surface area (Å²) in [6, 6.07) is 12.1. The molecule has 0 unspecified atom stereocenters. The maximum absolute atomic E-state index is 12.9. The summed E-state index contributed by atoms with van der Waals surface area (Å²) >= 11 is 0. The molecule has 2 aromatic carbocycles. The number of nitrogens with zero attached hydrogens (tertiary/aromatic N) is 2. The molecule has 1 N–H and O–H groups in total. The molecule has 3 aromatic rings. The van der Waals surface area contributed by atoms with Crippen molar-refractivity contribution in [2.24, 2.45) is 0 Å². The van der Waals surface area contributed by atoms with Crippen molar-refractivity contribution in [3.05, 3.63) is 78.6 Å². The van der Waals surface area contributed by atoms with Gasteiger partial charge in [-0.2, -0.15) is 0 Å². The fourth-order valence-electron chi connectivity index (χ4n) is 2.18. The number of sulfonamides is 1. The van der Waals surface area contributed by atoms with Crippen LogP contribution in [0.15, 0.2) is 72.1 Å². The SMILES string of the molecule is O=S(=O)(NCc1ccccc1-n1ccnc1)c1ccc(F)cc1. The second-order valence-corrected chi connectivity index (χ2v) is 6.64. The first-order chi connectivity index (χ1) is 11.1. The van der Waals surface area contributed by atoms with Gasteiger partial charge < -0.3 is 4.57 Å². The molecule has 0 fully saturated rings. The van der Waals surface area contributed by atoms with Gasteiger partial charge in [0.15, 0.2) is 0 Å². The molecule has 0 bridgehead atoms. The largest absolute Gasteiger partial charge is 0.306 e. The Kier molecular flexibility index (Phi) is 4.22. The number of aromatic nitrogens is 2. The molecule has 0 atom stereocenters. The number of hydrogen-bond donors (Lipinski definition) is 1. The summed E-state index contributed by atoms with van der Waals surface area (Å²) in [6.45, 7) is 0.119. The lowest BCUT2D eigenvalue weighted by atomic mass is 10.2. The molecule has 0 saturated carbocycles. The molecule has 0 radical (unpaired) electrons. The van der Waals surface area contributed by atoms with Gasteiger partial charge in [0, 0.05) is 18.9 Å². The van der Waals surface area contributed by atoms with Crippen molar-refractivity contribution in [2.75, 3.05) is 0 Å². The number of halogens is 1. The van der Waals surface area contributed by atoms with E-state index in [0.717, 1.165) is 23.4 Å². The van der Waals surface area contributed by atoms with E-state index in [1.807, 2.05) is 28.8 Å². The van der Waals surface area contributed by atoms with E-state index in [1.165, 1.54) is 12.1 Å². The minimum absolute atomic E-state index is 0.0269. The highest BCUT2D eigenvalue weighted by atomic mass is 32.2. The van der Waals surface area contributed by atoms with Crippen molar-refractivity contribution in [3.8, 4) is 5.69 Å². The number of para-hydroxylation sites is 1. The Morgan fingerprint density at radius 3 is 2.52 bits per heavy atom. The van der Waals surface area contributed by atoms with Gasteiger partial charge in [0.1, 0.15) is 5.82 Å². The highest BCUT2D eigenvalue weighted by Gasteiger charge is 2.14. The monoisotopic (exact) mass is 331 g/mol. The van der Waals surface area contributed by atoms with Gasteiger partial charge >= 0.3 is 0 Å². The van der Waals surface area contributed by atoms with Crippen molar-refractivity contribution in [1.29, 1.82) is 0 Å². The van der Waals surface area contributed by atoms with E-state index in [4.69, 9.17) is 0 Å². The number of rotatable bonds is 5. The third kappa shape index (κ3) is 3.46. The molecule has 0 aliphatic heterocycles. The van der Waals surface area contributed by atoms with Gasteiger partial charge in [0.05, 0.1) is 16.9 Å². The number of nitrogens with one attached hydrogen (secondary N) is 1. The Hall–Kier alpha value is -2.51. The minimum atomic E-state index is -3.70. The lowest BCUT2D eigenvalue weighted by Crippen LogP contribution is -2.23. The van der Waals surface area contributed by atoms with E-state index in [1.54, 1.807) is 18.7 Å². The topological polar surface area (TPSA) is 64.0 Å². The van der Waals surface area contributed by atoms with Gasteiger partial charge in [0.25, 0.3) is 0 Å². The average molecular weight is 331 g/mol. The summed E-state index contributed by atoms with van der Waals surface area (Å²) in [4.78, 5) is 4.02. The summed E-state index contributed by atoms with van der Waals surface area (Å²) in [5.41, 5.74) is 1.64. The standard InChI is InChI=1S/C16H14FN3O2S/c17-14-5-7-15(8-6-14)23(21,22)19-11-13-3-1-2-4-16(13)20-10-9-18-12-20/h1-10,12,19H,11H2. The maximum Gasteiger partial charge on any atom is 0.240 e. The predicted octanol–water partition coefficient (Wildman–Crippen LogP) is 2.49. The Labute approximate surface area is 133 Å². The van der Waals surface area contributed by atoms with E-state index in [2.05, 4.69) is 9.71 Å². The van der Waals surface area contributed by atoms with Crippen LogP contribution in [-0.2, 0) is 16.6 Å². The minimum Gasteiger partial charge on any atom is -0.306 e. The van der Waals surface area contributed by atoms with Crippen LogP contribution in [0.25, 0.3) is 5.69 Å². The first-order valence-corrected chi connectivity index (χ1v) is 8.36. The van der Waals surface area contributed by atoms with Crippen molar-refractivity contribution in [1.82, 2.24) is 14.3 Å². The van der Waals surface area contributed by atoms with Crippen LogP contribution in [0.1, 0.15) is 5.56 Å². The fourth-order valence-corrected chi connectivity index (χ4v) is 3.19. The lowest BCUT2D eigenvalue weighted by Gasteiger charge is -2.11. The van der Waals surface area contributed by atoms with E-state index < -0.39 is 15.8 Å². The van der Waals surface area contributed by atoms with Crippen LogP contribution in [0, 0.1) is 5.82 Å². The first kappa shape index (κ1) is 15.4. The van der Waals surface area contributed by atoms with Crippen LogP contribution in [0.2, 0.25) is 0 Å². The molecular weight excluding hydrogens is 317 g/mol. The second-order valence-electron chi connectivity index (χ2n) is 4.88. The Bertz CT molecular complexity index is 891. The normalized spacial score (nSPS) is 11.5. The molecule has 0 spiro atoms. The summed E-state index contributed by atoms with van der Waals surface area (Å²) in [5, 5.41) is 0. The quantitative estimate of drug-likeness (QED) is 0.781. The van der Waals surface area contributed by atoms with Gasteiger partial charge in [0.2, 0.25) is 10.0 Å². The summed E-state index contributed by atoms with van der Waals surface area (Å²) < 4.78 is 41.8. The lowest BCUT2D eigenvalue weighted by molar-refractivity contribution is 0.580. The van der Waals surface area contributed by atoms with Gasteiger partial charge in [-0.1, -0.05) is 18.2 Å². The van der Waals surface area contributed by atoms with Crippen LogP contribution in [-0.4, -0.2) is 18.0 Å². The smallest absolute Gasteiger partial charge is 0.240 e. The third-order valence-electron chi connectivity index (χ3n) is 3.35. The molecule has 1 heterocycles. The van der Waals surface area contributed by atoms with Crippen molar-refractivity contribution < 1.29 is 12.8 Å². The molecule has 0 saturated heterocycles. The van der Waals surface area contributed by atoms with E-state index in [0.29, 0.717) is 0 Å². The molecular formula is C16H14FN3O2S. The van der Waals surface area contributed by atoms with Gasteiger partial charge in [-0.3, -0.25) is 0 Å². The van der Waals surface area contributed by atoms with Crippen molar-refractivity contribution >= 4 is 10.0 Å². The molecule has 0 aliphatic carbocycles. The Morgan fingerprint density at radius 2 is 1.83 bits per heavy atom. The number of hydrogen-bond acceptors (Lipinski definition) is 3. The Balaban J connectivity index is 1.82. The van der Waals surface area contributed by atoms with Crippen molar-refractivity contribution in [3.63, 3.8) is 0 Å². The zero-order valence-electron chi connectivity index (χ0n) is 12.1. The summed E-state index contributed by atoms with van der Waals surface area (Å²) in [7, 11) is -3.70. The summed E-state index contributed by atoms with van der Waals surface area (Å²) in [5.74, 6) is -0.477. The summed E-state index contributed by atoms with van der Waals surface area (Å²) in [6.07, 6.45) is 5.08. The fraction of sp³-hybridized carbons (Fsp3) is 0.0625. The molecule has 0 amide bonds. The van der Waals surface area contributed by atoms with Crippen LogP contribution in [0.5, 0.6) is 0 Å². The number of imidazole rings is 1. The highest BCUT2D eigenvalue weighted by molar-refractivity contribution is 7.89. The number of benzene rings is 2. The second kappa shape index (κ2) is 6.31. The molecule has 23 heavy (non-hydrogen) atoms. The van der Waals surface area contributed by atoms with Crippen LogP contribution >= 0.6 is 0 Å². The van der Waals surface area contributed by atoms with E-state index in [9.17, 15) is 12.8 Å². The predicted molar refractivity (Wildman–Crippen MR) is 84.0 cm³/mol. The van der Waals surface area contributed by atoms with Gasteiger partial charge in [-0.05, 0) is 35.9 Å². The third-order valence-corrected chi connectivity index (χ3v) is 4.77. The molecule has 5 nitrogen and oxygen atoms in total. The highest BCUT2D eigenvalue weighted by Crippen LogP contribution is 2.16. The molecule has 1 aromatic heterocycles. The zero-order chi connectivity index (χ0) is 16.3. The van der Waals surface area contributed by atoms with Gasteiger partial charge in [-0.25, -0.2) is 22.5 Å². The average Bonchev–Trinajstić information content (AvgIpc) is 3.08. The molecule has 7 heteroatoms. The zero-order valence-corrected chi connectivity index (χ0v) is 12.9. The van der Waals surface area contributed by atoms with E-state index in [-0.39, 0.29) is 11.4 Å². The van der Waals surface area contributed by atoms with Crippen LogP contribution < -0.4 is 4.72 Å². The molecule has 3 rings (SSSR count). The molecule has 0 aliphatic rings. The van der Waals surface area contributed by atoms with E-state index >= 15 is 0 Å². The maximum atomic E-state index is 12.9.